The van der Waals surface area contributed by atoms with Gasteiger partial charge in [0.1, 0.15) is 0 Å². The molecule has 228 valence electrons. The Morgan fingerprint density at radius 2 is 1.84 bits per heavy atom. The van der Waals surface area contributed by atoms with Crippen LogP contribution in [0.15, 0.2) is 153 Å². The first-order valence-electron chi connectivity index (χ1n) is 16.2. The molecular formula is C42H55P. The summed E-state index contributed by atoms with van der Waals surface area (Å²) in [6, 6.07) is 0. The zero-order valence-corrected chi connectivity index (χ0v) is 29.2. The first kappa shape index (κ1) is 33.0. The van der Waals surface area contributed by atoms with Gasteiger partial charge in [-0.1, -0.05) is 39.5 Å². The minimum atomic E-state index is -2.40. The molecule has 0 nitrogen and oxygen atoms in total. The van der Waals surface area contributed by atoms with E-state index >= 15 is 0 Å². The molecule has 0 aromatic heterocycles. The summed E-state index contributed by atoms with van der Waals surface area (Å²) in [6.45, 7) is 25.2. The summed E-state index contributed by atoms with van der Waals surface area (Å²) < 4.78 is 0. The molecular weight excluding hydrogens is 535 g/mol. The van der Waals surface area contributed by atoms with Crippen LogP contribution in [0, 0.1) is 11.3 Å². The van der Waals surface area contributed by atoms with Crippen LogP contribution < -0.4 is 0 Å². The molecule has 0 fully saturated rings. The molecule has 43 heavy (non-hydrogen) atoms. The van der Waals surface area contributed by atoms with Gasteiger partial charge in [0.2, 0.25) is 0 Å². The topological polar surface area (TPSA) is 0 Å². The van der Waals surface area contributed by atoms with E-state index in [2.05, 4.69) is 153 Å². The van der Waals surface area contributed by atoms with Gasteiger partial charge in [0, 0.05) is 0 Å². The van der Waals surface area contributed by atoms with Crippen LogP contribution in [0.2, 0.25) is 0 Å². The third kappa shape index (κ3) is 7.24. The van der Waals surface area contributed by atoms with E-state index in [1.54, 1.807) is 0 Å². The zero-order chi connectivity index (χ0) is 31.4. The van der Waals surface area contributed by atoms with Gasteiger partial charge in [-0.3, -0.25) is 0 Å². The summed E-state index contributed by atoms with van der Waals surface area (Å²) in [4.78, 5) is 0. The van der Waals surface area contributed by atoms with Crippen molar-refractivity contribution in [2.75, 3.05) is 12.8 Å². The van der Waals surface area contributed by atoms with Crippen molar-refractivity contribution in [2.24, 2.45) is 11.3 Å². The van der Waals surface area contributed by atoms with Crippen molar-refractivity contribution >= 4 is 6.60 Å². The summed E-state index contributed by atoms with van der Waals surface area (Å²) in [6.07, 6.45) is 34.3. The maximum atomic E-state index is 4.64. The minimum absolute atomic E-state index is 0.101. The molecule has 0 amide bonds. The van der Waals surface area contributed by atoms with E-state index in [1.165, 1.54) is 56.1 Å². The number of allylic oxidation sites excluding steroid dienone is 22. The van der Waals surface area contributed by atoms with Crippen LogP contribution in [0.5, 0.6) is 0 Å². The monoisotopic (exact) mass is 590 g/mol. The van der Waals surface area contributed by atoms with Crippen molar-refractivity contribution < 1.29 is 0 Å². The average molecular weight is 591 g/mol. The Labute approximate surface area is 263 Å². The molecule has 0 radical (unpaired) electrons. The molecule has 2 aliphatic heterocycles. The third-order valence-corrected chi connectivity index (χ3v) is 15.4. The molecule has 0 saturated heterocycles. The molecule has 0 aromatic rings. The summed E-state index contributed by atoms with van der Waals surface area (Å²) >= 11 is 0. The molecule has 0 bridgehead atoms. The number of rotatable bonds is 8. The van der Waals surface area contributed by atoms with E-state index in [0.717, 1.165) is 37.7 Å². The van der Waals surface area contributed by atoms with Crippen molar-refractivity contribution in [2.45, 2.75) is 80.6 Å². The van der Waals surface area contributed by atoms with E-state index < -0.39 is 6.60 Å². The summed E-state index contributed by atoms with van der Waals surface area (Å²) in [5, 5.41) is 1.51. The van der Waals surface area contributed by atoms with Crippen LogP contribution in [0.3, 0.4) is 0 Å². The Bertz CT molecular complexity index is 1520. The van der Waals surface area contributed by atoms with Gasteiger partial charge in [-0.2, -0.15) is 0 Å². The SMILES string of the molecule is C=C(/C=C(\CC)C(CC(=C)C(C)(C)C)C1=CC=CC1)C1=C(C)CC(/C=C2/C=CC=CP3(C)(C=C(C)C=CCC3)/C2=C/C)=C1. The van der Waals surface area contributed by atoms with Crippen LogP contribution in [0.1, 0.15) is 80.6 Å². The van der Waals surface area contributed by atoms with E-state index in [-0.39, 0.29) is 5.41 Å². The summed E-state index contributed by atoms with van der Waals surface area (Å²) in [7, 11) is 0. The summed E-state index contributed by atoms with van der Waals surface area (Å²) in [5.74, 6) is 5.54. The van der Waals surface area contributed by atoms with Crippen LogP contribution in [0.25, 0.3) is 0 Å². The van der Waals surface area contributed by atoms with Gasteiger partial charge >= 0.3 is 220 Å². The molecule has 2 aliphatic carbocycles. The standard InChI is InChI=1S/C42H55P/c1-11-36(40(37-20-13-14-21-37)27-34(6)42(7,8)9)26-33(5)39-29-35(25-32(39)4)28-38-22-16-18-24-43(10,41(38)12-2)23-17-15-19-31(3)30-43/h12-16,18-20,22,24,26,28-30,40H,5-6,11,17,21,23,25,27H2,1-4,7-10H3/b36-26+,38-28-,41-12+. The van der Waals surface area contributed by atoms with Crippen LogP contribution in [-0.2, 0) is 0 Å². The Hall–Kier alpha value is -2.95. The molecule has 1 spiro atoms. The van der Waals surface area contributed by atoms with E-state index in [9.17, 15) is 0 Å². The van der Waals surface area contributed by atoms with Gasteiger partial charge in [0.05, 0.1) is 0 Å². The second-order valence-electron chi connectivity index (χ2n) is 14.4. The Morgan fingerprint density at radius 3 is 2.49 bits per heavy atom. The maximum absolute atomic E-state index is 4.64. The fraction of sp³-hybridized carbons (Fsp3) is 0.381. The predicted molar refractivity (Wildman–Crippen MR) is 197 cm³/mol. The second kappa shape index (κ2) is 13.0. The molecule has 4 rings (SSSR count). The normalized spacial score (nSPS) is 24.9. The first-order valence-corrected chi connectivity index (χ1v) is 19.2. The molecule has 0 saturated carbocycles. The van der Waals surface area contributed by atoms with Gasteiger partial charge in [-0.05, 0) is 5.41 Å². The van der Waals surface area contributed by atoms with Crippen LogP contribution >= 0.6 is 6.60 Å². The van der Waals surface area contributed by atoms with E-state index in [1.807, 2.05) is 0 Å². The predicted octanol–water partition coefficient (Wildman–Crippen LogP) is 13.0. The van der Waals surface area contributed by atoms with Crippen LogP contribution in [-0.4, -0.2) is 12.8 Å². The zero-order valence-electron chi connectivity index (χ0n) is 28.3. The van der Waals surface area contributed by atoms with Gasteiger partial charge in [0.25, 0.3) is 0 Å². The molecule has 0 N–H and O–H groups in total. The van der Waals surface area contributed by atoms with Crippen molar-refractivity contribution in [3.8, 4) is 0 Å². The Balaban J connectivity index is 1.66. The Morgan fingerprint density at radius 1 is 1.07 bits per heavy atom. The van der Waals surface area contributed by atoms with Crippen molar-refractivity contribution in [3.63, 3.8) is 0 Å². The molecule has 4 aliphatic rings. The fourth-order valence-electron chi connectivity index (χ4n) is 7.26. The fourth-order valence-corrected chi connectivity index (χ4v) is 12.4. The molecule has 1 heteroatoms. The first-order chi connectivity index (χ1) is 20.3. The van der Waals surface area contributed by atoms with Gasteiger partial charge in [-0.25, -0.2) is 0 Å². The average Bonchev–Trinajstić information content (AvgIpc) is 3.53. The van der Waals surface area contributed by atoms with Crippen molar-refractivity contribution in [1.82, 2.24) is 0 Å². The van der Waals surface area contributed by atoms with E-state index in [0.29, 0.717) is 5.92 Å². The van der Waals surface area contributed by atoms with Crippen molar-refractivity contribution in [3.05, 3.63) is 153 Å². The van der Waals surface area contributed by atoms with E-state index in [4.69, 9.17) is 0 Å². The Kier molecular flexibility index (Phi) is 9.93. The summed E-state index contributed by atoms with van der Waals surface area (Å²) in [5.41, 5.74) is 12.3. The number of hydrogen-bond donors (Lipinski definition) is 0. The second-order valence-corrected chi connectivity index (χ2v) is 19.9. The van der Waals surface area contributed by atoms with Gasteiger partial charge < -0.3 is 0 Å². The quantitative estimate of drug-likeness (QED) is 0.150. The van der Waals surface area contributed by atoms with Gasteiger partial charge in [0.15, 0.2) is 0 Å². The molecule has 1 atom stereocenters. The molecule has 2 heterocycles. The van der Waals surface area contributed by atoms with Gasteiger partial charge in [-0.15, -0.1) is 0 Å². The molecule has 1 unspecified atom stereocenters. The molecule has 0 aromatic carbocycles. The third-order valence-electron chi connectivity index (χ3n) is 9.90. The van der Waals surface area contributed by atoms with Crippen LogP contribution in [0.4, 0.5) is 0 Å². The van der Waals surface area contributed by atoms with Crippen molar-refractivity contribution in [1.29, 1.82) is 0 Å². The number of hydrogen-bond acceptors (Lipinski definition) is 0.